The number of methoxy groups -OCH3 is 1. The third-order valence-electron chi connectivity index (χ3n) is 4.59. The van der Waals surface area contributed by atoms with Gasteiger partial charge in [0.15, 0.2) is 5.65 Å². The minimum absolute atomic E-state index is 0.0559. The highest BCUT2D eigenvalue weighted by Crippen LogP contribution is 2.26. The standard InChI is InChI=1S/C22H17F3N4O4/c1-3-32-21-27-11-14-10-17(13-4-7-16(31-2)8-5-13)20(30)29(19(14)28-21)15-6-9-18(26-12-15)33-22(23,24)25/h4-12H,3H2,1-2H3. The molecule has 0 saturated heterocycles. The molecule has 1 aromatic carbocycles. The molecular formula is C22H17F3N4O4. The molecule has 0 atom stereocenters. The molecule has 0 N–H and O–H groups in total. The number of rotatable bonds is 6. The van der Waals surface area contributed by atoms with Crippen molar-refractivity contribution in [2.45, 2.75) is 13.3 Å². The predicted molar refractivity (Wildman–Crippen MR) is 113 cm³/mol. The monoisotopic (exact) mass is 458 g/mol. The summed E-state index contributed by atoms with van der Waals surface area (Å²) in [6.45, 7) is 2.07. The van der Waals surface area contributed by atoms with Crippen molar-refractivity contribution in [3.63, 3.8) is 0 Å². The molecule has 0 aliphatic rings. The van der Waals surface area contributed by atoms with Crippen LogP contribution in [0.3, 0.4) is 0 Å². The number of nitrogens with zero attached hydrogens (tertiary/aromatic N) is 4. The van der Waals surface area contributed by atoms with Gasteiger partial charge in [-0.05, 0) is 36.8 Å². The second-order valence-electron chi connectivity index (χ2n) is 6.69. The Kier molecular flexibility index (Phi) is 5.86. The molecule has 0 unspecified atom stereocenters. The number of fused-ring (bicyclic) bond motifs is 1. The van der Waals surface area contributed by atoms with Gasteiger partial charge in [-0.2, -0.15) is 4.98 Å². The highest BCUT2D eigenvalue weighted by Gasteiger charge is 2.31. The van der Waals surface area contributed by atoms with E-state index in [1.165, 1.54) is 23.9 Å². The first-order chi connectivity index (χ1) is 15.8. The third-order valence-corrected chi connectivity index (χ3v) is 4.59. The van der Waals surface area contributed by atoms with Crippen LogP contribution in [0.15, 0.2) is 59.7 Å². The first-order valence-electron chi connectivity index (χ1n) is 9.71. The van der Waals surface area contributed by atoms with Gasteiger partial charge in [-0.1, -0.05) is 12.1 Å². The Bertz CT molecular complexity index is 1340. The van der Waals surface area contributed by atoms with Crippen LogP contribution >= 0.6 is 0 Å². The van der Waals surface area contributed by atoms with Crippen molar-refractivity contribution in [1.82, 2.24) is 19.5 Å². The van der Waals surface area contributed by atoms with Crippen molar-refractivity contribution in [1.29, 1.82) is 0 Å². The van der Waals surface area contributed by atoms with Crippen LogP contribution in [0.2, 0.25) is 0 Å². The molecule has 0 amide bonds. The molecule has 170 valence electrons. The molecule has 4 aromatic rings. The van der Waals surface area contributed by atoms with Crippen molar-refractivity contribution in [3.05, 3.63) is 65.2 Å². The quantitative estimate of drug-likeness (QED) is 0.429. The summed E-state index contributed by atoms with van der Waals surface area (Å²) in [5.41, 5.74) is 0.877. The van der Waals surface area contributed by atoms with Crippen LogP contribution in [0.1, 0.15) is 6.92 Å². The Labute approximate surface area is 185 Å². The SMILES string of the molecule is CCOc1ncc2cc(-c3ccc(OC)cc3)c(=O)n(-c3ccc(OC(F)(F)F)nc3)c2n1. The molecule has 0 aliphatic carbocycles. The van der Waals surface area contributed by atoms with Crippen LogP contribution in [-0.2, 0) is 0 Å². The van der Waals surface area contributed by atoms with Gasteiger partial charge < -0.3 is 14.2 Å². The van der Waals surface area contributed by atoms with Crippen LogP contribution in [0.4, 0.5) is 13.2 Å². The lowest BCUT2D eigenvalue weighted by molar-refractivity contribution is -0.276. The fourth-order valence-electron chi connectivity index (χ4n) is 3.18. The molecule has 3 heterocycles. The first kappa shape index (κ1) is 22.1. The average molecular weight is 458 g/mol. The summed E-state index contributed by atoms with van der Waals surface area (Å²) >= 11 is 0. The molecule has 0 aliphatic heterocycles. The van der Waals surface area contributed by atoms with Crippen molar-refractivity contribution >= 4 is 11.0 Å². The van der Waals surface area contributed by atoms with E-state index in [1.807, 2.05) is 0 Å². The zero-order valence-electron chi connectivity index (χ0n) is 17.5. The van der Waals surface area contributed by atoms with E-state index in [-0.39, 0.29) is 17.3 Å². The van der Waals surface area contributed by atoms with Gasteiger partial charge in [0.25, 0.3) is 5.56 Å². The number of alkyl halides is 3. The lowest BCUT2D eigenvalue weighted by Crippen LogP contribution is -2.22. The maximum Gasteiger partial charge on any atom is 0.574 e. The van der Waals surface area contributed by atoms with Crippen LogP contribution in [-0.4, -0.2) is 39.6 Å². The van der Waals surface area contributed by atoms with E-state index in [9.17, 15) is 18.0 Å². The van der Waals surface area contributed by atoms with Gasteiger partial charge in [-0.15, -0.1) is 13.2 Å². The number of hydrogen-bond acceptors (Lipinski definition) is 7. The number of benzene rings is 1. The summed E-state index contributed by atoms with van der Waals surface area (Å²) in [6, 6.07) is 10.9. The lowest BCUT2D eigenvalue weighted by atomic mass is 10.1. The Morgan fingerprint density at radius 2 is 1.79 bits per heavy atom. The molecule has 0 bridgehead atoms. The van der Waals surface area contributed by atoms with Crippen molar-refractivity contribution in [3.8, 4) is 34.5 Å². The summed E-state index contributed by atoms with van der Waals surface area (Å²) in [7, 11) is 1.53. The average Bonchev–Trinajstić information content (AvgIpc) is 2.79. The van der Waals surface area contributed by atoms with Crippen molar-refractivity contribution in [2.24, 2.45) is 0 Å². The van der Waals surface area contributed by atoms with Gasteiger partial charge >= 0.3 is 12.4 Å². The van der Waals surface area contributed by atoms with E-state index in [0.29, 0.717) is 28.9 Å². The van der Waals surface area contributed by atoms with Gasteiger partial charge in [0.2, 0.25) is 5.88 Å². The number of aromatic nitrogens is 4. The van der Waals surface area contributed by atoms with Crippen LogP contribution < -0.4 is 19.8 Å². The fourth-order valence-corrected chi connectivity index (χ4v) is 3.18. The van der Waals surface area contributed by atoms with Gasteiger partial charge in [-0.25, -0.2) is 9.97 Å². The van der Waals surface area contributed by atoms with Gasteiger partial charge in [-0.3, -0.25) is 9.36 Å². The number of pyridine rings is 2. The molecule has 3 aromatic heterocycles. The van der Waals surface area contributed by atoms with Crippen molar-refractivity contribution in [2.75, 3.05) is 13.7 Å². The first-order valence-corrected chi connectivity index (χ1v) is 9.71. The smallest absolute Gasteiger partial charge is 0.497 e. The number of ether oxygens (including phenoxy) is 3. The topological polar surface area (TPSA) is 88.4 Å². The highest BCUT2D eigenvalue weighted by atomic mass is 19.4. The molecule has 0 spiro atoms. The zero-order chi connectivity index (χ0) is 23.6. The van der Waals surface area contributed by atoms with Crippen LogP contribution in [0.25, 0.3) is 27.8 Å². The van der Waals surface area contributed by atoms with Gasteiger partial charge in [0.05, 0.1) is 25.6 Å². The van der Waals surface area contributed by atoms with E-state index >= 15 is 0 Å². The maximum atomic E-state index is 13.5. The van der Waals surface area contributed by atoms with E-state index in [4.69, 9.17) is 9.47 Å². The van der Waals surface area contributed by atoms with Crippen LogP contribution in [0, 0.1) is 0 Å². The molecule has 33 heavy (non-hydrogen) atoms. The normalized spacial score (nSPS) is 11.4. The molecule has 0 fully saturated rings. The maximum absolute atomic E-state index is 13.5. The van der Waals surface area contributed by atoms with Crippen molar-refractivity contribution < 1.29 is 27.4 Å². The predicted octanol–water partition coefficient (Wildman–Crippen LogP) is 4.15. The fraction of sp³-hybridized carbons (Fsp3) is 0.182. The Hall–Kier alpha value is -4.15. The molecule has 8 nitrogen and oxygen atoms in total. The Balaban J connectivity index is 1.92. The molecule has 4 rings (SSSR count). The minimum atomic E-state index is -4.88. The summed E-state index contributed by atoms with van der Waals surface area (Å²) < 4.78 is 53.0. The van der Waals surface area contributed by atoms with Crippen LogP contribution in [0.5, 0.6) is 17.6 Å². The molecule has 0 radical (unpaired) electrons. The molecule has 0 saturated carbocycles. The largest absolute Gasteiger partial charge is 0.574 e. The number of hydrogen-bond donors (Lipinski definition) is 0. The van der Waals surface area contributed by atoms with Gasteiger partial charge in [0, 0.05) is 23.2 Å². The second-order valence-corrected chi connectivity index (χ2v) is 6.69. The summed E-state index contributed by atoms with van der Waals surface area (Å²) in [5.74, 6) is -0.0337. The number of halogens is 3. The molecular weight excluding hydrogens is 441 g/mol. The lowest BCUT2D eigenvalue weighted by Gasteiger charge is -2.14. The summed E-state index contributed by atoms with van der Waals surface area (Å²) in [4.78, 5) is 25.7. The van der Waals surface area contributed by atoms with E-state index < -0.39 is 17.8 Å². The van der Waals surface area contributed by atoms with E-state index in [2.05, 4.69) is 19.7 Å². The van der Waals surface area contributed by atoms with E-state index in [0.717, 1.165) is 12.3 Å². The third kappa shape index (κ3) is 4.71. The van der Waals surface area contributed by atoms with E-state index in [1.54, 1.807) is 37.3 Å². The Morgan fingerprint density at radius 1 is 1.03 bits per heavy atom. The summed E-state index contributed by atoms with van der Waals surface area (Å²) in [5, 5.41) is 0.513. The Morgan fingerprint density at radius 3 is 2.39 bits per heavy atom. The zero-order valence-corrected chi connectivity index (χ0v) is 17.5. The van der Waals surface area contributed by atoms with Gasteiger partial charge in [0.1, 0.15) is 5.75 Å². The second kappa shape index (κ2) is 8.77. The summed E-state index contributed by atoms with van der Waals surface area (Å²) in [6.07, 6.45) is -2.28. The molecule has 11 heteroatoms. The minimum Gasteiger partial charge on any atom is -0.497 e. The highest BCUT2D eigenvalue weighted by molar-refractivity contribution is 5.82.